The number of ether oxygens (including phenoxy) is 2. The minimum Gasteiger partial charge on any atom is -0.354 e. The molecule has 0 saturated heterocycles. The summed E-state index contributed by atoms with van der Waals surface area (Å²) in [6.07, 6.45) is 1.75. The number of hydrogen-bond donors (Lipinski definition) is 1. The van der Waals surface area contributed by atoms with E-state index in [1.54, 1.807) is 14.2 Å². The van der Waals surface area contributed by atoms with Crippen molar-refractivity contribution in [1.82, 2.24) is 0 Å². The van der Waals surface area contributed by atoms with E-state index in [0.29, 0.717) is 0 Å². The molecule has 0 saturated carbocycles. The summed E-state index contributed by atoms with van der Waals surface area (Å²) in [5, 5.41) is 0. The zero-order valence-electron chi connectivity index (χ0n) is 7.37. The van der Waals surface area contributed by atoms with Crippen LogP contribution < -0.4 is 5.73 Å². The highest BCUT2D eigenvalue weighted by Crippen LogP contribution is 2.02. The lowest BCUT2D eigenvalue weighted by atomic mass is 10.2. The van der Waals surface area contributed by atoms with Gasteiger partial charge in [-0.1, -0.05) is 13.3 Å². The molecule has 0 aliphatic rings. The Morgan fingerprint density at radius 2 is 1.73 bits per heavy atom. The van der Waals surface area contributed by atoms with E-state index < -0.39 is 0 Å². The second-order valence-electron chi connectivity index (χ2n) is 2.29. The van der Waals surface area contributed by atoms with E-state index in [4.69, 9.17) is 15.2 Å². The van der Waals surface area contributed by atoms with Crippen LogP contribution in [-0.4, -0.2) is 26.6 Å². The Morgan fingerprint density at radius 1 is 1.27 bits per heavy atom. The van der Waals surface area contributed by atoms with Crippen LogP contribution in [0.2, 0.25) is 0 Å². The zero-order valence-corrected chi connectivity index (χ0v) is 8.19. The molecular formula is C7H18ClNO2. The van der Waals surface area contributed by atoms with Gasteiger partial charge in [0.1, 0.15) is 0 Å². The number of rotatable bonds is 5. The molecule has 11 heavy (non-hydrogen) atoms. The number of nitrogens with two attached hydrogens (primary N) is 1. The second kappa shape index (κ2) is 8.27. The average Bonchev–Trinajstić information content (AvgIpc) is 1.91. The van der Waals surface area contributed by atoms with Crippen molar-refractivity contribution < 1.29 is 9.47 Å². The number of halogens is 1. The monoisotopic (exact) mass is 183 g/mol. The van der Waals surface area contributed by atoms with Crippen molar-refractivity contribution in [2.24, 2.45) is 5.73 Å². The predicted octanol–water partition coefficient (Wildman–Crippen LogP) is 1.15. The van der Waals surface area contributed by atoms with E-state index >= 15 is 0 Å². The van der Waals surface area contributed by atoms with Gasteiger partial charge >= 0.3 is 0 Å². The summed E-state index contributed by atoms with van der Waals surface area (Å²) in [7, 11) is 3.20. The molecule has 0 unspecified atom stereocenters. The minimum absolute atomic E-state index is 0. The molecule has 3 nitrogen and oxygen atoms in total. The highest BCUT2D eigenvalue weighted by Gasteiger charge is 2.14. The Kier molecular flexibility index (Phi) is 10.3. The fraction of sp³-hybridized carbons (Fsp3) is 1.00. The molecule has 0 spiro atoms. The van der Waals surface area contributed by atoms with Crippen LogP contribution in [0.1, 0.15) is 19.8 Å². The maximum absolute atomic E-state index is 5.70. The molecule has 70 valence electrons. The summed E-state index contributed by atoms with van der Waals surface area (Å²) in [6, 6.07) is -0.000000000000000222. The smallest absolute Gasteiger partial charge is 0.171 e. The van der Waals surface area contributed by atoms with E-state index in [0.717, 1.165) is 12.8 Å². The van der Waals surface area contributed by atoms with Gasteiger partial charge in [-0.05, 0) is 6.42 Å². The molecule has 0 aliphatic carbocycles. The van der Waals surface area contributed by atoms with Crippen LogP contribution in [0.25, 0.3) is 0 Å². The fourth-order valence-corrected chi connectivity index (χ4v) is 0.915. The maximum Gasteiger partial charge on any atom is 0.171 e. The van der Waals surface area contributed by atoms with Crippen molar-refractivity contribution in [3.05, 3.63) is 0 Å². The molecule has 0 bridgehead atoms. The van der Waals surface area contributed by atoms with Gasteiger partial charge in [-0.2, -0.15) is 0 Å². The van der Waals surface area contributed by atoms with Crippen molar-refractivity contribution in [3.63, 3.8) is 0 Å². The minimum atomic E-state index is -0.250. The largest absolute Gasteiger partial charge is 0.354 e. The zero-order chi connectivity index (χ0) is 7.98. The molecule has 0 rings (SSSR count). The molecule has 2 N–H and O–H groups in total. The third-order valence-electron chi connectivity index (χ3n) is 1.44. The first kappa shape index (κ1) is 13.7. The topological polar surface area (TPSA) is 44.5 Å². The van der Waals surface area contributed by atoms with E-state index in [1.165, 1.54) is 0 Å². The summed E-state index contributed by atoms with van der Waals surface area (Å²) in [6.45, 7) is 2.09. The standard InChI is InChI=1S/C7H17NO2.ClH/c1-4-5-6(8)7(9-2)10-3;/h6-7H,4-5,8H2,1-3H3;1H/t6-;/m0./s1. The van der Waals surface area contributed by atoms with Crippen LogP contribution in [-0.2, 0) is 9.47 Å². The van der Waals surface area contributed by atoms with Crippen molar-refractivity contribution in [1.29, 1.82) is 0 Å². The predicted molar refractivity (Wildman–Crippen MR) is 47.9 cm³/mol. The summed E-state index contributed by atoms with van der Waals surface area (Å²) in [4.78, 5) is 0. The van der Waals surface area contributed by atoms with Crippen LogP contribution in [0.5, 0.6) is 0 Å². The molecule has 0 aromatic carbocycles. The van der Waals surface area contributed by atoms with Crippen molar-refractivity contribution in [2.75, 3.05) is 14.2 Å². The molecule has 0 radical (unpaired) electrons. The third-order valence-corrected chi connectivity index (χ3v) is 1.44. The fourth-order valence-electron chi connectivity index (χ4n) is 0.915. The SMILES string of the molecule is CCC[C@H](N)C(OC)OC.Cl. The second-order valence-corrected chi connectivity index (χ2v) is 2.29. The Morgan fingerprint density at radius 3 is 2.00 bits per heavy atom. The van der Waals surface area contributed by atoms with Crippen molar-refractivity contribution >= 4 is 12.4 Å². The van der Waals surface area contributed by atoms with E-state index in [2.05, 4.69) is 6.92 Å². The number of hydrogen-bond acceptors (Lipinski definition) is 3. The van der Waals surface area contributed by atoms with Crippen LogP contribution in [0.3, 0.4) is 0 Å². The van der Waals surface area contributed by atoms with Gasteiger partial charge in [0.2, 0.25) is 0 Å². The van der Waals surface area contributed by atoms with E-state index in [1.807, 2.05) is 0 Å². The molecular weight excluding hydrogens is 166 g/mol. The summed E-state index contributed by atoms with van der Waals surface area (Å²) in [5.74, 6) is 0. The summed E-state index contributed by atoms with van der Waals surface area (Å²) >= 11 is 0. The van der Waals surface area contributed by atoms with Gasteiger partial charge < -0.3 is 15.2 Å². The Labute approximate surface area is 74.6 Å². The molecule has 0 fully saturated rings. The quantitative estimate of drug-likeness (QED) is 0.651. The summed E-state index contributed by atoms with van der Waals surface area (Å²) < 4.78 is 9.93. The molecule has 4 heteroatoms. The first-order valence-corrected chi connectivity index (χ1v) is 3.57. The molecule has 0 heterocycles. The van der Waals surface area contributed by atoms with Gasteiger partial charge in [0.15, 0.2) is 6.29 Å². The van der Waals surface area contributed by atoms with Crippen molar-refractivity contribution in [3.8, 4) is 0 Å². The highest BCUT2D eigenvalue weighted by molar-refractivity contribution is 5.85. The van der Waals surface area contributed by atoms with Crippen LogP contribution in [0.15, 0.2) is 0 Å². The molecule has 0 aliphatic heterocycles. The lowest BCUT2D eigenvalue weighted by molar-refractivity contribution is -0.117. The van der Waals surface area contributed by atoms with Crippen LogP contribution in [0, 0.1) is 0 Å². The number of methoxy groups -OCH3 is 2. The van der Waals surface area contributed by atoms with Gasteiger partial charge in [0.05, 0.1) is 6.04 Å². The molecule has 1 atom stereocenters. The molecule has 0 aromatic heterocycles. The normalized spacial score (nSPS) is 12.8. The first-order chi connectivity index (χ1) is 4.76. The first-order valence-electron chi connectivity index (χ1n) is 3.57. The Balaban J connectivity index is 0. The molecule has 0 amide bonds. The lowest BCUT2D eigenvalue weighted by Gasteiger charge is -2.19. The van der Waals surface area contributed by atoms with Crippen molar-refractivity contribution in [2.45, 2.75) is 32.1 Å². The summed E-state index contributed by atoms with van der Waals surface area (Å²) in [5.41, 5.74) is 5.70. The van der Waals surface area contributed by atoms with Gasteiger partial charge in [-0.3, -0.25) is 0 Å². The molecule has 0 aromatic rings. The van der Waals surface area contributed by atoms with E-state index in [-0.39, 0.29) is 24.7 Å². The van der Waals surface area contributed by atoms with Gasteiger partial charge in [0, 0.05) is 14.2 Å². The Hall–Kier alpha value is 0.170. The van der Waals surface area contributed by atoms with Crippen LogP contribution >= 0.6 is 12.4 Å². The lowest BCUT2D eigenvalue weighted by Crippen LogP contribution is -2.37. The highest BCUT2D eigenvalue weighted by atomic mass is 35.5. The maximum atomic E-state index is 5.70. The van der Waals surface area contributed by atoms with Crippen LogP contribution in [0.4, 0.5) is 0 Å². The average molecular weight is 184 g/mol. The third kappa shape index (κ3) is 5.44. The van der Waals surface area contributed by atoms with E-state index in [9.17, 15) is 0 Å². The van der Waals surface area contributed by atoms with Gasteiger partial charge in [-0.15, -0.1) is 12.4 Å². The Bertz CT molecular complexity index is 78.8. The van der Waals surface area contributed by atoms with Gasteiger partial charge in [0.25, 0.3) is 0 Å². The van der Waals surface area contributed by atoms with Gasteiger partial charge in [-0.25, -0.2) is 0 Å².